The molecule has 2 atom stereocenters. The van der Waals surface area contributed by atoms with E-state index in [2.05, 4.69) is 203 Å². The predicted molar refractivity (Wildman–Crippen MR) is 283 cm³/mol. The Hall–Kier alpha value is -6.24. The fourth-order valence-corrected chi connectivity index (χ4v) is 14.5. The maximum absolute atomic E-state index is 6.69. The molecular formula is C60H54BN3OS. The average Bonchev–Trinajstić information content (AvgIpc) is 4.02. The lowest BCUT2D eigenvalue weighted by molar-refractivity contribution is 0.195. The van der Waals surface area contributed by atoms with Crippen LogP contribution in [0.3, 0.4) is 0 Å². The minimum Gasteiger partial charge on any atom is -0.456 e. The number of nitrogens with zero attached hydrogens (tertiary/aromatic N) is 3. The van der Waals surface area contributed by atoms with Crippen molar-refractivity contribution in [1.29, 1.82) is 0 Å². The molecule has 3 aliphatic heterocycles. The predicted octanol–water partition coefficient (Wildman–Crippen LogP) is 14.8. The first-order valence-electron chi connectivity index (χ1n) is 24.2. The zero-order chi connectivity index (χ0) is 44.8. The summed E-state index contributed by atoms with van der Waals surface area (Å²) in [6.45, 7) is 19.3. The second-order valence-electron chi connectivity index (χ2n) is 22.4. The lowest BCUT2D eigenvalue weighted by Gasteiger charge is -2.51. The Kier molecular flexibility index (Phi) is 7.56. The molecular weight excluding hydrogens is 822 g/mol. The third-order valence-corrected chi connectivity index (χ3v) is 18.0. The Morgan fingerprint density at radius 1 is 0.576 bits per heavy atom. The van der Waals surface area contributed by atoms with Crippen molar-refractivity contribution in [2.24, 2.45) is 0 Å². The van der Waals surface area contributed by atoms with Crippen molar-refractivity contribution >= 4 is 116 Å². The van der Waals surface area contributed by atoms with Gasteiger partial charge in [0.05, 0.1) is 32.3 Å². The molecule has 0 spiro atoms. The Bertz CT molecular complexity index is 3760. The first-order chi connectivity index (χ1) is 31.7. The lowest BCUT2D eigenvalue weighted by atomic mass is 9.33. The zero-order valence-corrected chi connectivity index (χ0v) is 40.1. The van der Waals surface area contributed by atoms with Gasteiger partial charge in [0.15, 0.2) is 0 Å². The number of rotatable bonds is 2. The third kappa shape index (κ3) is 4.86. The van der Waals surface area contributed by atoms with Crippen molar-refractivity contribution in [3.8, 4) is 5.69 Å². The summed E-state index contributed by atoms with van der Waals surface area (Å²) < 4.78 is 12.1. The van der Waals surface area contributed by atoms with Crippen LogP contribution in [0, 0.1) is 0 Å². The molecule has 0 bridgehead atoms. The van der Waals surface area contributed by atoms with E-state index in [9.17, 15) is 0 Å². The molecule has 0 radical (unpaired) electrons. The molecule has 6 heteroatoms. The number of hydrogen-bond donors (Lipinski definition) is 0. The number of aromatic nitrogens is 1. The van der Waals surface area contributed by atoms with E-state index in [0.717, 1.165) is 34.0 Å². The molecule has 3 aromatic heterocycles. The fourth-order valence-electron chi connectivity index (χ4n) is 13.3. The van der Waals surface area contributed by atoms with Gasteiger partial charge in [-0.25, -0.2) is 0 Å². The van der Waals surface area contributed by atoms with Crippen LogP contribution in [0.25, 0.3) is 58.8 Å². The van der Waals surface area contributed by atoms with Crippen LogP contribution in [0.1, 0.15) is 97.8 Å². The van der Waals surface area contributed by atoms with E-state index >= 15 is 0 Å². The molecule has 1 aliphatic carbocycles. The second kappa shape index (κ2) is 12.8. The van der Waals surface area contributed by atoms with E-state index in [1.807, 2.05) is 11.3 Å². The van der Waals surface area contributed by atoms with Gasteiger partial charge in [0.2, 0.25) is 0 Å². The van der Waals surface area contributed by atoms with E-state index < -0.39 is 0 Å². The van der Waals surface area contributed by atoms with Crippen molar-refractivity contribution in [3.63, 3.8) is 0 Å². The Morgan fingerprint density at radius 2 is 1.27 bits per heavy atom. The molecule has 0 saturated heterocycles. The summed E-state index contributed by atoms with van der Waals surface area (Å²) in [5, 5.41) is 4.96. The number of benzene rings is 7. The van der Waals surface area contributed by atoms with Gasteiger partial charge < -0.3 is 18.8 Å². The van der Waals surface area contributed by atoms with Gasteiger partial charge in [-0.15, -0.1) is 11.3 Å². The van der Waals surface area contributed by atoms with Gasteiger partial charge in [-0.2, -0.15) is 0 Å². The van der Waals surface area contributed by atoms with Crippen LogP contribution in [0.15, 0.2) is 138 Å². The smallest absolute Gasteiger partial charge is 0.252 e. The molecule has 0 amide bonds. The van der Waals surface area contributed by atoms with Gasteiger partial charge in [0, 0.05) is 54.7 Å². The van der Waals surface area contributed by atoms with Crippen molar-refractivity contribution in [2.75, 3.05) is 9.80 Å². The molecule has 14 rings (SSSR count). The molecule has 66 heavy (non-hydrogen) atoms. The monoisotopic (exact) mass is 875 g/mol. The number of para-hydroxylation sites is 2. The summed E-state index contributed by atoms with van der Waals surface area (Å²) in [4.78, 5) is 5.46. The van der Waals surface area contributed by atoms with Gasteiger partial charge in [-0.1, -0.05) is 146 Å². The molecule has 2 unspecified atom stereocenters. The molecule has 1 saturated carbocycles. The standard InChI is InChI=1S/C60H54BN3OS/c1-57(2,3)35-26-28-44-41(31-35)59(7)29-13-14-30-60(59,8)64(44)37-33-47-53-48(34-37)63-54-40(56-55(63)39-18-10-12-24-51(39)66-56)19-15-20-43(54)61(53)42-27-25-36(58(4,5)6)32-46(42)62(47)45-21-16-23-50-52(45)38-17-9-11-22-49(38)65-50/h9-12,15-28,31-34H,13-14,29-30H2,1-8H3. The topological polar surface area (TPSA) is 24.6 Å². The SMILES string of the molecule is CC(C)(C)c1ccc2c(c1)N(c1cccc3oc4ccccc4c13)c1cc(N3c4ccc(C(C)(C)C)cc4C4(C)CCCCC34C)cc3c1B2c1cccc2c4sc5ccccc5c4n-3c12. The molecule has 4 nitrogen and oxygen atoms in total. The Balaban J connectivity index is 1.16. The molecule has 10 aromatic rings. The van der Waals surface area contributed by atoms with Gasteiger partial charge >= 0.3 is 0 Å². The Labute approximate surface area is 391 Å². The largest absolute Gasteiger partial charge is 0.456 e. The van der Waals surface area contributed by atoms with Crippen molar-refractivity contribution in [2.45, 2.75) is 103 Å². The number of thiophene rings is 1. The quantitative estimate of drug-likeness (QED) is 0.162. The number of anilines is 5. The normalized spacial score (nSPS) is 19.9. The van der Waals surface area contributed by atoms with Crippen LogP contribution in [0.2, 0.25) is 0 Å². The van der Waals surface area contributed by atoms with Crippen molar-refractivity contribution < 1.29 is 4.42 Å². The summed E-state index contributed by atoms with van der Waals surface area (Å²) in [5.74, 6) is 0. The molecule has 324 valence electrons. The highest BCUT2D eigenvalue weighted by atomic mass is 32.1. The summed E-state index contributed by atoms with van der Waals surface area (Å²) >= 11 is 1.94. The molecule has 4 aliphatic rings. The van der Waals surface area contributed by atoms with E-state index in [1.165, 1.54) is 112 Å². The van der Waals surface area contributed by atoms with E-state index in [1.54, 1.807) is 0 Å². The second-order valence-corrected chi connectivity index (χ2v) is 23.5. The molecule has 6 heterocycles. The van der Waals surface area contributed by atoms with Gasteiger partial charge in [0.1, 0.15) is 11.2 Å². The zero-order valence-electron chi connectivity index (χ0n) is 39.3. The highest BCUT2D eigenvalue weighted by Gasteiger charge is 2.58. The Morgan fingerprint density at radius 3 is 2.11 bits per heavy atom. The maximum Gasteiger partial charge on any atom is 0.252 e. The van der Waals surface area contributed by atoms with E-state index in [0.29, 0.717) is 0 Å². The minimum absolute atomic E-state index is 0.0170. The fraction of sp³-hybridized carbons (Fsp3) is 0.267. The van der Waals surface area contributed by atoms with Crippen LogP contribution in [0.4, 0.5) is 28.4 Å². The summed E-state index contributed by atoms with van der Waals surface area (Å²) in [6.07, 6.45) is 4.79. The first kappa shape index (κ1) is 39.0. The van der Waals surface area contributed by atoms with E-state index in [-0.39, 0.29) is 28.5 Å². The van der Waals surface area contributed by atoms with Crippen LogP contribution in [-0.4, -0.2) is 16.8 Å². The first-order valence-corrected chi connectivity index (χ1v) is 25.0. The van der Waals surface area contributed by atoms with Crippen LogP contribution < -0.4 is 26.2 Å². The van der Waals surface area contributed by atoms with Crippen LogP contribution in [-0.2, 0) is 16.2 Å². The third-order valence-electron chi connectivity index (χ3n) is 16.8. The summed E-state index contributed by atoms with van der Waals surface area (Å²) in [6, 6.07) is 51.5. The van der Waals surface area contributed by atoms with Gasteiger partial charge in [-0.05, 0) is 112 Å². The lowest BCUT2D eigenvalue weighted by Crippen LogP contribution is -2.60. The van der Waals surface area contributed by atoms with Gasteiger partial charge in [-0.3, -0.25) is 0 Å². The number of furan rings is 1. The molecule has 0 N–H and O–H groups in total. The van der Waals surface area contributed by atoms with Crippen LogP contribution in [0.5, 0.6) is 0 Å². The van der Waals surface area contributed by atoms with Crippen LogP contribution >= 0.6 is 11.3 Å². The minimum atomic E-state index is -0.134. The summed E-state index contributed by atoms with van der Waals surface area (Å²) in [7, 11) is 0. The van der Waals surface area contributed by atoms with Gasteiger partial charge in [0.25, 0.3) is 6.71 Å². The highest BCUT2D eigenvalue weighted by molar-refractivity contribution is 7.26. The van der Waals surface area contributed by atoms with Crippen molar-refractivity contribution in [3.05, 3.63) is 150 Å². The van der Waals surface area contributed by atoms with Crippen molar-refractivity contribution in [1.82, 2.24) is 4.57 Å². The van der Waals surface area contributed by atoms with E-state index in [4.69, 9.17) is 4.42 Å². The number of fused-ring (bicyclic) bond motifs is 15. The highest BCUT2D eigenvalue weighted by Crippen LogP contribution is 2.62. The molecule has 7 aromatic carbocycles. The molecule has 1 fully saturated rings. The maximum atomic E-state index is 6.69. The number of hydrogen-bond acceptors (Lipinski definition) is 4. The summed E-state index contributed by atoms with van der Waals surface area (Å²) in [5.41, 5.74) is 20.2. The average molecular weight is 876 g/mol.